The Kier molecular flexibility index (Phi) is 3.95. The SMILES string of the molecule is COC(=O)c1ccc(C(=O)c2nc3ccccc3n(C)c2=O)cc1. The highest BCUT2D eigenvalue weighted by molar-refractivity contribution is 6.08. The van der Waals surface area contributed by atoms with Gasteiger partial charge in [-0.2, -0.15) is 0 Å². The average Bonchev–Trinajstić information content (AvgIpc) is 2.63. The van der Waals surface area contributed by atoms with Gasteiger partial charge < -0.3 is 9.30 Å². The number of nitrogens with zero attached hydrogens (tertiary/aromatic N) is 2. The molecule has 3 rings (SSSR count). The van der Waals surface area contributed by atoms with Crippen molar-refractivity contribution in [2.45, 2.75) is 0 Å². The fourth-order valence-corrected chi connectivity index (χ4v) is 2.44. The lowest BCUT2D eigenvalue weighted by Crippen LogP contribution is -2.27. The Hall–Kier alpha value is -3.28. The standard InChI is InChI=1S/C18H14N2O4/c1-20-14-6-4-3-5-13(14)19-15(17(20)22)16(21)11-7-9-12(10-8-11)18(23)24-2/h3-10H,1-2H3. The van der Waals surface area contributed by atoms with E-state index < -0.39 is 17.3 Å². The van der Waals surface area contributed by atoms with Gasteiger partial charge in [0.25, 0.3) is 5.56 Å². The molecular weight excluding hydrogens is 308 g/mol. The number of carbonyl (C=O) groups is 2. The van der Waals surface area contributed by atoms with Crippen molar-refractivity contribution in [1.29, 1.82) is 0 Å². The summed E-state index contributed by atoms with van der Waals surface area (Å²) in [6, 6.07) is 13.0. The van der Waals surface area contributed by atoms with Crippen LogP contribution in [0.3, 0.4) is 0 Å². The van der Waals surface area contributed by atoms with Crippen molar-refractivity contribution in [2.24, 2.45) is 7.05 Å². The molecular formula is C18H14N2O4. The molecule has 0 saturated carbocycles. The van der Waals surface area contributed by atoms with Gasteiger partial charge in [0.05, 0.1) is 23.7 Å². The van der Waals surface area contributed by atoms with Crippen LogP contribution in [-0.2, 0) is 11.8 Å². The van der Waals surface area contributed by atoms with Crippen LogP contribution < -0.4 is 5.56 Å². The van der Waals surface area contributed by atoms with Crippen LogP contribution in [0.1, 0.15) is 26.4 Å². The Labute approximate surface area is 137 Å². The molecule has 24 heavy (non-hydrogen) atoms. The molecule has 0 saturated heterocycles. The molecule has 0 aliphatic heterocycles. The second-order valence-electron chi connectivity index (χ2n) is 5.21. The summed E-state index contributed by atoms with van der Waals surface area (Å²) in [7, 11) is 2.88. The molecule has 0 aliphatic rings. The first-order valence-electron chi connectivity index (χ1n) is 7.22. The normalized spacial score (nSPS) is 10.6. The van der Waals surface area contributed by atoms with Gasteiger partial charge in [-0.25, -0.2) is 9.78 Å². The number of benzene rings is 2. The van der Waals surface area contributed by atoms with Crippen LogP contribution in [0.25, 0.3) is 11.0 Å². The Morgan fingerprint density at radius 1 is 1.00 bits per heavy atom. The molecule has 0 fully saturated rings. The predicted molar refractivity (Wildman–Crippen MR) is 88.2 cm³/mol. The quantitative estimate of drug-likeness (QED) is 0.544. The molecule has 3 aromatic rings. The van der Waals surface area contributed by atoms with Gasteiger partial charge >= 0.3 is 5.97 Å². The van der Waals surface area contributed by atoms with Crippen molar-refractivity contribution in [3.8, 4) is 0 Å². The van der Waals surface area contributed by atoms with Gasteiger partial charge in [-0.1, -0.05) is 24.3 Å². The first-order chi connectivity index (χ1) is 11.5. The summed E-state index contributed by atoms with van der Waals surface area (Å²) in [6.07, 6.45) is 0. The number of hydrogen-bond acceptors (Lipinski definition) is 5. The van der Waals surface area contributed by atoms with E-state index in [9.17, 15) is 14.4 Å². The fourth-order valence-electron chi connectivity index (χ4n) is 2.44. The van der Waals surface area contributed by atoms with E-state index in [1.165, 1.54) is 35.9 Å². The molecule has 0 amide bonds. The third-order valence-electron chi connectivity index (χ3n) is 3.77. The Bertz CT molecular complexity index is 1000. The number of para-hydroxylation sites is 2. The number of carbonyl (C=O) groups excluding carboxylic acids is 2. The number of methoxy groups -OCH3 is 1. The number of ether oxygens (including phenoxy) is 1. The Morgan fingerprint density at radius 3 is 2.29 bits per heavy atom. The molecule has 120 valence electrons. The number of aromatic nitrogens is 2. The first-order valence-corrected chi connectivity index (χ1v) is 7.22. The fraction of sp³-hybridized carbons (Fsp3) is 0.111. The molecule has 0 radical (unpaired) electrons. The van der Waals surface area contributed by atoms with Crippen molar-refractivity contribution < 1.29 is 14.3 Å². The largest absolute Gasteiger partial charge is 0.465 e. The lowest BCUT2D eigenvalue weighted by molar-refractivity contribution is 0.0600. The summed E-state index contributed by atoms with van der Waals surface area (Å²) in [4.78, 5) is 40.7. The zero-order valence-electron chi connectivity index (χ0n) is 13.1. The van der Waals surface area contributed by atoms with Crippen LogP contribution in [0.15, 0.2) is 53.3 Å². The monoisotopic (exact) mass is 322 g/mol. The number of esters is 1. The zero-order chi connectivity index (χ0) is 17.3. The molecule has 2 aromatic carbocycles. The Balaban J connectivity index is 2.07. The maximum atomic E-state index is 12.6. The van der Waals surface area contributed by atoms with Gasteiger partial charge in [-0.15, -0.1) is 0 Å². The minimum absolute atomic E-state index is 0.151. The summed E-state index contributed by atoms with van der Waals surface area (Å²) >= 11 is 0. The third kappa shape index (κ3) is 2.58. The number of rotatable bonds is 3. The van der Waals surface area contributed by atoms with E-state index >= 15 is 0 Å². The van der Waals surface area contributed by atoms with E-state index in [0.29, 0.717) is 16.6 Å². The van der Waals surface area contributed by atoms with Crippen LogP contribution in [0, 0.1) is 0 Å². The highest BCUT2D eigenvalue weighted by Gasteiger charge is 2.18. The molecule has 0 atom stereocenters. The van der Waals surface area contributed by atoms with Crippen LogP contribution in [0.5, 0.6) is 0 Å². The molecule has 1 heterocycles. The first kappa shape index (κ1) is 15.6. The number of aryl methyl sites for hydroxylation is 1. The lowest BCUT2D eigenvalue weighted by Gasteiger charge is -2.07. The average molecular weight is 322 g/mol. The van der Waals surface area contributed by atoms with Crippen LogP contribution in [0.2, 0.25) is 0 Å². The minimum atomic E-state index is -0.492. The zero-order valence-corrected chi connectivity index (χ0v) is 13.1. The maximum absolute atomic E-state index is 12.6. The Morgan fingerprint density at radius 2 is 1.62 bits per heavy atom. The molecule has 6 heteroatoms. The second-order valence-corrected chi connectivity index (χ2v) is 5.21. The molecule has 1 aromatic heterocycles. The van der Waals surface area contributed by atoms with E-state index in [0.717, 1.165) is 0 Å². The molecule has 0 spiro atoms. The van der Waals surface area contributed by atoms with Gasteiger partial charge in [0.15, 0.2) is 5.69 Å². The molecule has 0 aliphatic carbocycles. The molecule has 6 nitrogen and oxygen atoms in total. The highest BCUT2D eigenvalue weighted by Crippen LogP contribution is 2.12. The van der Waals surface area contributed by atoms with E-state index in [2.05, 4.69) is 9.72 Å². The van der Waals surface area contributed by atoms with E-state index in [-0.39, 0.29) is 11.3 Å². The number of fused-ring (bicyclic) bond motifs is 1. The van der Waals surface area contributed by atoms with Crippen molar-refractivity contribution in [2.75, 3.05) is 7.11 Å². The highest BCUT2D eigenvalue weighted by atomic mass is 16.5. The summed E-state index contributed by atoms with van der Waals surface area (Å²) in [6.45, 7) is 0. The van der Waals surface area contributed by atoms with E-state index in [1.54, 1.807) is 31.3 Å². The van der Waals surface area contributed by atoms with Gasteiger partial charge in [-0.3, -0.25) is 9.59 Å². The summed E-state index contributed by atoms with van der Waals surface area (Å²) in [5.74, 6) is -0.980. The number of hydrogen-bond donors (Lipinski definition) is 0. The van der Waals surface area contributed by atoms with Crippen LogP contribution in [0.4, 0.5) is 0 Å². The summed E-state index contributed by atoms with van der Waals surface area (Å²) < 4.78 is 6.02. The van der Waals surface area contributed by atoms with E-state index in [4.69, 9.17) is 0 Å². The van der Waals surface area contributed by atoms with Crippen LogP contribution >= 0.6 is 0 Å². The van der Waals surface area contributed by atoms with Crippen molar-refractivity contribution in [3.63, 3.8) is 0 Å². The molecule has 0 bridgehead atoms. The minimum Gasteiger partial charge on any atom is -0.465 e. The van der Waals surface area contributed by atoms with Gasteiger partial charge in [0.2, 0.25) is 5.78 Å². The van der Waals surface area contributed by atoms with Gasteiger partial charge in [-0.05, 0) is 24.3 Å². The predicted octanol–water partition coefficient (Wildman–Crippen LogP) is 1.95. The third-order valence-corrected chi connectivity index (χ3v) is 3.77. The number of ketones is 1. The smallest absolute Gasteiger partial charge is 0.337 e. The molecule has 0 unspecified atom stereocenters. The summed E-state index contributed by atoms with van der Waals surface area (Å²) in [5.41, 5.74) is 1.21. The van der Waals surface area contributed by atoms with Crippen molar-refractivity contribution in [3.05, 3.63) is 75.7 Å². The van der Waals surface area contributed by atoms with E-state index in [1.807, 2.05) is 0 Å². The topological polar surface area (TPSA) is 78.3 Å². The second kappa shape index (κ2) is 6.08. The lowest BCUT2D eigenvalue weighted by atomic mass is 10.1. The van der Waals surface area contributed by atoms with Crippen molar-refractivity contribution in [1.82, 2.24) is 9.55 Å². The summed E-state index contributed by atoms with van der Waals surface area (Å²) in [5, 5.41) is 0. The molecule has 0 N–H and O–H groups in total. The van der Waals surface area contributed by atoms with Crippen LogP contribution in [-0.4, -0.2) is 28.4 Å². The van der Waals surface area contributed by atoms with Crippen molar-refractivity contribution >= 4 is 22.8 Å². The van der Waals surface area contributed by atoms with Gasteiger partial charge in [0.1, 0.15) is 0 Å². The maximum Gasteiger partial charge on any atom is 0.337 e. The van der Waals surface area contributed by atoms with Gasteiger partial charge in [0, 0.05) is 12.6 Å².